The fourth-order valence-electron chi connectivity index (χ4n) is 4.62. The van der Waals surface area contributed by atoms with Crippen molar-refractivity contribution in [1.29, 1.82) is 0 Å². The number of ether oxygens (including phenoxy) is 1. The maximum Gasteiger partial charge on any atom is 0.199 e. The molecular formula is C25H25N7O2. The Morgan fingerprint density at radius 1 is 1.21 bits per heavy atom. The number of carbonyl (C=O) groups is 1. The van der Waals surface area contributed by atoms with Crippen LogP contribution in [-0.4, -0.2) is 47.1 Å². The lowest BCUT2D eigenvalue weighted by Gasteiger charge is -2.13. The molecule has 1 aliphatic rings. The van der Waals surface area contributed by atoms with Gasteiger partial charge in [-0.3, -0.25) is 9.20 Å². The van der Waals surface area contributed by atoms with Crippen LogP contribution >= 0.6 is 0 Å². The summed E-state index contributed by atoms with van der Waals surface area (Å²) in [6.45, 7) is 5.00. The Morgan fingerprint density at radius 2 is 2.06 bits per heavy atom. The summed E-state index contributed by atoms with van der Waals surface area (Å²) in [6.07, 6.45) is 6.54. The van der Waals surface area contributed by atoms with Gasteiger partial charge in [0.15, 0.2) is 5.88 Å². The standard InChI is InChI=1S/C25H25N7O2/c1-15(31-14-26-13-27-31)20-7-6-19-10-21(30(25(19)28-20)11-17-4-5-17)24-16(2)32-22(29-24)8-18(12-33)9-23(32)34-3/h6-10,12-15,17H,4-5,11H2,1-3H3. The van der Waals surface area contributed by atoms with Crippen molar-refractivity contribution < 1.29 is 9.53 Å². The molecular weight excluding hydrogens is 430 g/mol. The molecule has 5 heterocycles. The largest absolute Gasteiger partial charge is 0.482 e. The van der Waals surface area contributed by atoms with Crippen LogP contribution in [-0.2, 0) is 6.54 Å². The minimum atomic E-state index is -0.0254. The summed E-state index contributed by atoms with van der Waals surface area (Å²) in [6, 6.07) is 9.83. The highest BCUT2D eigenvalue weighted by Crippen LogP contribution is 2.37. The van der Waals surface area contributed by atoms with Gasteiger partial charge in [-0.25, -0.2) is 19.6 Å². The molecule has 0 amide bonds. The van der Waals surface area contributed by atoms with Crippen molar-refractivity contribution in [2.45, 2.75) is 39.3 Å². The van der Waals surface area contributed by atoms with E-state index in [9.17, 15) is 4.79 Å². The fraction of sp³-hybridized carbons (Fsp3) is 0.320. The predicted octanol–water partition coefficient (Wildman–Crippen LogP) is 4.09. The second-order valence-corrected chi connectivity index (χ2v) is 8.97. The molecule has 0 spiro atoms. The number of aryl methyl sites for hydroxylation is 1. The highest BCUT2D eigenvalue weighted by molar-refractivity contribution is 5.85. The lowest BCUT2D eigenvalue weighted by atomic mass is 10.2. The summed E-state index contributed by atoms with van der Waals surface area (Å²) in [7, 11) is 1.61. The molecule has 1 atom stereocenters. The molecule has 0 aromatic carbocycles. The summed E-state index contributed by atoms with van der Waals surface area (Å²) in [5.74, 6) is 1.24. The average molecular weight is 456 g/mol. The van der Waals surface area contributed by atoms with Crippen LogP contribution in [0, 0.1) is 12.8 Å². The van der Waals surface area contributed by atoms with Crippen molar-refractivity contribution in [3.05, 3.63) is 59.9 Å². The summed E-state index contributed by atoms with van der Waals surface area (Å²) in [5.41, 5.74) is 5.95. The average Bonchev–Trinajstić information content (AvgIpc) is 3.24. The number of hydrogen-bond acceptors (Lipinski definition) is 6. The third-order valence-corrected chi connectivity index (χ3v) is 6.69. The Labute approximate surface area is 196 Å². The molecule has 0 aliphatic heterocycles. The molecule has 1 fully saturated rings. The monoisotopic (exact) mass is 455 g/mol. The van der Waals surface area contributed by atoms with Crippen molar-refractivity contribution >= 4 is 23.0 Å². The van der Waals surface area contributed by atoms with E-state index in [1.807, 2.05) is 16.0 Å². The highest BCUT2D eigenvalue weighted by atomic mass is 16.5. The normalized spacial score (nSPS) is 14.7. The van der Waals surface area contributed by atoms with Gasteiger partial charge in [-0.1, -0.05) is 0 Å². The highest BCUT2D eigenvalue weighted by Gasteiger charge is 2.27. The molecule has 1 aliphatic carbocycles. The molecule has 9 heteroatoms. The van der Waals surface area contributed by atoms with Gasteiger partial charge in [0.1, 0.15) is 35.9 Å². The molecule has 172 valence electrons. The first-order valence-corrected chi connectivity index (χ1v) is 11.4. The van der Waals surface area contributed by atoms with Gasteiger partial charge < -0.3 is 9.30 Å². The molecule has 9 nitrogen and oxygen atoms in total. The minimum Gasteiger partial charge on any atom is -0.482 e. The molecule has 0 bridgehead atoms. The number of nitrogens with zero attached hydrogens (tertiary/aromatic N) is 7. The topological polar surface area (TPSA) is 92.1 Å². The fourth-order valence-corrected chi connectivity index (χ4v) is 4.62. The van der Waals surface area contributed by atoms with E-state index in [1.165, 1.54) is 12.8 Å². The summed E-state index contributed by atoms with van der Waals surface area (Å²) < 4.78 is 11.6. The molecule has 0 N–H and O–H groups in total. The molecule has 1 unspecified atom stereocenters. The lowest BCUT2D eigenvalue weighted by molar-refractivity contribution is 0.112. The Balaban J connectivity index is 1.55. The van der Waals surface area contributed by atoms with Gasteiger partial charge in [-0.15, -0.1) is 0 Å². The molecule has 1 saturated carbocycles. The maximum absolute atomic E-state index is 11.4. The second kappa shape index (κ2) is 7.79. The zero-order valence-electron chi connectivity index (χ0n) is 19.3. The summed E-state index contributed by atoms with van der Waals surface area (Å²) in [5, 5.41) is 5.35. The van der Waals surface area contributed by atoms with Gasteiger partial charge in [0.05, 0.1) is 30.2 Å². The van der Waals surface area contributed by atoms with Gasteiger partial charge >= 0.3 is 0 Å². The smallest absolute Gasteiger partial charge is 0.199 e. The van der Waals surface area contributed by atoms with Crippen LogP contribution in [0.4, 0.5) is 0 Å². The lowest BCUT2D eigenvalue weighted by Crippen LogP contribution is -2.10. The SMILES string of the molecule is COc1cc(C=O)cc2nc(-c3cc4ccc(C(C)n5cncn5)nc4n3CC3CC3)c(C)n12. The van der Waals surface area contributed by atoms with Crippen LogP contribution in [0.1, 0.15) is 47.6 Å². The quantitative estimate of drug-likeness (QED) is 0.343. The van der Waals surface area contributed by atoms with E-state index < -0.39 is 0 Å². The van der Waals surface area contributed by atoms with E-state index in [0.717, 1.165) is 46.6 Å². The van der Waals surface area contributed by atoms with Crippen molar-refractivity contribution in [3.63, 3.8) is 0 Å². The Hall–Kier alpha value is -4.01. The van der Waals surface area contributed by atoms with E-state index >= 15 is 0 Å². The van der Waals surface area contributed by atoms with E-state index in [4.69, 9.17) is 14.7 Å². The van der Waals surface area contributed by atoms with Crippen LogP contribution in [0.15, 0.2) is 43.0 Å². The van der Waals surface area contributed by atoms with Crippen LogP contribution in [0.5, 0.6) is 5.88 Å². The molecule has 34 heavy (non-hydrogen) atoms. The number of aldehydes is 1. The Morgan fingerprint density at radius 3 is 2.76 bits per heavy atom. The molecule has 6 rings (SSSR count). The van der Waals surface area contributed by atoms with Gasteiger partial charge in [-0.2, -0.15) is 5.10 Å². The first-order chi connectivity index (χ1) is 16.6. The Kier molecular flexibility index (Phi) is 4.72. The van der Waals surface area contributed by atoms with Crippen molar-refractivity contribution in [2.24, 2.45) is 5.92 Å². The zero-order valence-corrected chi connectivity index (χ0v) is 19.3. The van der Waals surface area contributed by atoms with Crippen LogP contribution in [0.2, 0.25) is 0 Å². The molecule has 0 saturated heterocycles. The van der Waals surface area contributed by atoms with E-state index in [2.05, 4.69) is 39.8 Å². The molecule has 5 aromatic heterocycles. The number of methoxy groups -OCH3 is 1. The van der Waals surface area contributed by atoms with Gasteiger partial charge in [0, 0.05) is 23.6 Å². The Bertz CT molecular complexity index is 1530. The third-order valence-electron chi connectivity index (χ3n) is 6.69. The van der Waals surface area contributed by atoms with Crippen LogP contribution in [0.25, 0.3) is 28.1 Å². The maximum atomic E-state index is 11.4. The van der Waals surface area contributed by atoms with Crippen LogP contribution < -0.4 is 4.74 Å². The van der Waals surface area contributed by atoms with E-state index in [0.29, 0.717) is 23.0 Å². The van der Waals surface area contributed by atoms with E-state index in [1.54, 1.807) is 31.9 Å². The molecule has 0 radical (unpaired) electrons. The minimum absolute atomic E-state index is 0.0254. The first-order valence-electron chi connectivity index (χ1n) is 11.4. The zero-order chi connectivity index (χ0) is 23.4. The number of carbonyl (C=O) groups excluding carboxylic acids is 1. The van der Waals surface area contributed by atoms with E-state index in [-0.39, 0.29) is 6.04 Å². The molecule has 5 aromatic rings. The van der Waals surface area contributed by atoms with Gasteiger partial charge in [-0.05, 0) is 56.9 Å². The summed E-state index contributed by atoms with van der Waals surface area (Å²) in [4.78, 5) is 25.5. The second-order valence-electron chi connectivity index (χ2n) is 8.97. The number of fused-ring (bicyclic) bond motifs is 2. The van der Waals surface area contributed by atoms with Crippen molar-refractivity contribution in [2.75, 3.05) is 7.11 Å². The van der Waals surface area contributed by atoms with Gasteiger partial charge in [0.25, 0.3) is 0 Å². The predicted molar refractivity (Wildman–Crippen MR) is 127 cm³/mol. The first kappa shape index (κ1) is 20.6. The van der Waals surface area contributed by atoms with Crippen LogP contribution in [0.3, 0.4) is 0 Å². The number of hydrogen-bond donors (Lipinski definition) is 0. The number of aromatic nitrogens is 7. The summed E-state index contributed by atoms with van der Waals surface area (Å²) >= 11 is 0. The van der Waals surface area contributed by atoms with Crippen molar-refractivity contribution in [1.82, 2.24) is 33.7 Å². The number of pyridine rings is 2. The van der Waals surface area contributed by atoms with Gasteiger partial charge in [0.2, 0.25) is 0 Å². The number of rotatable bonds is 7. The third kappa shape index (κ3) is 3.27. The number of imidazole rings is 1. The van der Waals surface area contributed by atoms with Crippen molar-refractivity contribution in [3.8, 4) is 17.3 Å².